The number of halogens is 1. The molecule has 1 amide bonds. The quantitative estimate of drug-likeness (QED) is 0.785. The van der Waals surface area contributed by atoms with E-state index in [0.717, 1.165) is 5.56 Å². The van der Waals surface area contributed by atoms with Crippen molar-refractivity contribution in [2.24, 2.45) is 5.92 Å². The van der Waals surface area contributed by atoms with Crippen molar-refractivity contribution in [2.45, 2.75) is 25.0 Å². The van der Waals surface area contributed by atoms with E-state index < -0.39 is 15.8 Å². The smallest absolute Gasteiger partial charge is 0.227 e. The minimum atomic E-state index is -3.64. The van der Waals surface area contributed by atoms with Gasteiger partial charge in [0.25, 0.3) is 0 Å². The van der Waals surface area contributed by atoms with E-state index in [2.05, 4.69) is 11.4 Å². The Hall–Kier alpha value is -2.76. The van der Waals surface area contributed by atoms with Crippen molar-refractivity contribution >= 4 is 21.6 Å². The fourth-order valence-electron chi connectivity index (χ4n) is 3.34. The number of anilines is 1. The molecule has 0 bridgehead atoms. The van der Waals surface area contributed by atoms with Crippen molar-refractivity contribution in [1.82, 2.24) is 4.31 Å². The van der Waals surface area contributed by atoms with Gasteiger partial charge in [-0.2, -0.15) is 5.26 Å². The van der Waals surface area contributed by atoms with Crippen LogP contribution >= 0.6 is 0 Å². The third-order valence-electron chi connectivity index (χ3n) is 5.02. The second-order valence-electron chi connectivity index (χ2n) is 7.04. The van der Waals surface area contributed by atoms with E-state index in [1.165, 1.54) is 22.5 Å². The van der Waals surface area contributed by atoms with E-state index in [1.807, 2.05) is 0 Å². The van der Waals surface area contributed by atoms with Crippen molar-refractivity contribution in [2.75, 3.05) is 18.4 Å². The van der Waals surface area contributed by atoms with Crippen molar-refractivity contribution < 1.29 is 17.6 Å². The topological polar surface area (TPSA) is 90.3 Å². The van der Waals surface area contributed by atoms with Gasteiger partial charge in [-0.3, -0.25) is 4.79 Å². The van der Waals surface area contributed by atoms with Gasteiger partial charge in [-0.05, 0) is 36.6 Å². The molecule has 152 valence electrons. The SMILES string of the molecule is N#CCc1ccc(NC(=O)C2CCN(S(=O)(=O)Cc3ccccc3F)CC2)cc1. The Morgan fingerprint density at radius 3 is 2.41 bits per heavy atom. The van der Waals surface area contributed by atoms with E-state index in [-0.39, 0.29) is 36.2 Å². The maximum atomic E-state index is 13.8. The standard InChI is InChI=1S/C21H22FN3O3S/c22-20-4-2-1-3-18(20)15-29(27,28)25-13-10-17(11-14-25)21(26)24-19-7-5-16(6-8-19)9-12-23/h1-8,17H,9-11,13-15H2,(H,24,26). The molecular formula is C21H22FN3O3S. The highest BCUT2D eigenvalue weighted by Crippen LogP contribution is 2.24. The van der Waals surface area contributed by atoms with Gasteiger partial charge in [0.15, 0.2) is 0 Å². The number of amides is 1. The molecule has 1 aliphatic heterocycles. The van der Waals surface area contributed by atoms with Gasteiger partial charge in [0, 0.05) is 30.3 Å². The van der Waals surface area contributed by atoms with Gasteiger partial charge in [0.05, 0.1) is 18.2 Å². The number of hydrogen-bond acceptors (Lipinski definition) is 4. The largest absolute Gasteiger partial charge is 0.326 e. The summed E-state index contributed by atoms with van der Waals surface area (Å²) in [6.45, 7) is 0.464. The van der Waals surface area contributed by atoms with Crippen LogP contribution in [0.25, 0.3) is 0 Å². The van der Waals surface area contributed by atoms with Gasteiger partial charge in [-0.25, -0.2) is 17.1 Å². The number of hydrogen-bond donors (Lipinski definition) is 1. The monoisotopic (exact) mass is 415 g/mol. The number of rotatable bonds is 6. The van der Waals surface area contributed by atoms with E-state index in [1.54, 1.807) is 30.3 Å². The highest BCUT2D eigenvalue weighted by Gasteiger charge is 2.31. The highest BCUT2D eigenvalue weighted by atomic mass is 32.2. The van der Waals surface area contributed by atoms with Crippen LogP contribution in [0.4, 0.5) is 10.1 Å². The molecule has 0 spiro atoms. The number of nitriles is 1. The molecule has 1 saturated heterocycles. The lowest BCUT2D eigenvalue weighted by molar-refractivity contribution is -0.120. The third-order valence-corrected chi connectivity index (χ3v) is 6.85. The van der Waals surface area contributed by atoms with Crippen LogP contribution < -0.4 is 5.32 Å². The lowest BCUT2D eigenvalue weighted by atomic mass is 9.97. The molecule has 1 N–H and O–H groups in total. The predicted molar refractivity (Wildman–Crippen MR) is 108 cm³/mol. The zero-order valence-corrected chi connectivity index (χ0v) is 16.7. The predicted octanol–water partition coefficient (Wildman–Crippen LogP) is 3.07. The second-order valence-corrected chi connectivity index (χ2v) is 9.01. The maximum absolute atomic E-state index is 13.8. The Bertz CT molecular complexity index is 1010. The van der Waals surface area contributed by atoms with Gasteiger partial charge in [-0.15, -0.1) is 0 Å². The molecule has 1 aliphatic rings. The summed E-state index contributed by atoms with van der Waals surface area (Å²) >= 11 is 0. The minimum Gasteiger partial charge on any atom is -0.326 e. The lowest BCUT2D eigenvalue weighted by Crippen LogP contribution is -2.42. The normalized spacial score (nSPS) is 15.6. The summed E-state index contributed by atoms with van der Waals surface area (Å²) in [4.78, 5) is 12.5. The first-order valence-corrected chi connectivity index (χ1v) is 11.0. The molecule has 1 fully saturated rings. The number of benzene rings is 2. The number of nitrogens with zero attached hydrogens (tertiary/aromatic N) is 2. The summed E-state index contributed by atoms with van der Waals surface area (Å²) in [5.74, 6) is -1.35. The van der Waals surface area contributed by atoms with Crippen LogP contribution in [0, 0.1) is 23.1 Å². The summed E-state index contributed by atoms with van der Waals surface area (Å²) in [7, 11) is -3.64. The van der Waals surface area contributed by atoms with E-state index >= 15 is 0 Å². The summed E-state index contributed by atoms with van der Waals surface area (Å²) < 4.78 is 40.3. The van der Waals surface area contributed by atoms with E-state index in [0.29, 0.717) is 24.9 Å². The van der Waals surface area contributed by atoms with Crippen molar-refractivity contribution in [3.63, 3.8) is 0 Å². The average molecular weight is 415 g/mol. The second kappa shape index (κ2) is 9.16. The van der Waals surface area contributed by atoms with Crippen LogP contribution in [0.2, 0.25) is 0 Å². The van der Waals surface area contributed by atoms with Crippen LogP contribution in [0.3, 0.4) is 0 Å². The summed E-state index contributed by atoms with van der Waals surface area (Å²) in [5.41, 5.74) is 1.66. The molecule has 0 radical (unpaired) electrons. The number of carbonyl (C=O) groups is 1. The minimum absolute atomic E-state index is 0.146. The fourth-order valence-corrected chi connectivity index (χ4v) is 4.92. The molecule has 29 heavy (non-hydrogen) atoms. The van der Waals surface area contributed by atoms with Crippen LogP contribution in [0.5, 0.6) is 0 Å². The first kappa shape index (κ1) is 21.0. The molecular weight excluding hydrogens is 393 g/mol. The molecule has 0 atom stereocenters. The molecule has 0 saturated carbocycles. The number of piperidine rings is 1. The number of carbonyl (C=O) groups excluding carboxylic acids is 1. The van der Waals surface area contributed by atoms with E-state index in [9.17, 15) is 17.6 Å². The molecule has 8 heteroatoms. The molecule has 0 unspecified atom stereocenters. The Morgan fingerprint density at radius 2 is 1.79 bits per heavy atom. The van der Waals surface area contributed by atoms with Gasteiger partial charge in [0.2, 0.25) is 15.9 Å². The van der Waals surface area contributed by atoms with Gasteiger partial charge in [0.1, 0.15) is 5.82 Å². The lowest BCUT2D eigenvalue weighted by Gasteiger charge is -2.30. The molecule has 3 rings (SSSR count). The molecule has 2 aromatic carbocycles. The van der Waals surface area contributed by atoms with Crippen molar-refractivity contribution in [3.05, 3.63) is 65.5 Å². The van der Waals surface area contributed by atoms with Gasteiger partial charge < -0.3 is 5.32 Å². The first-order chi connectivity index (χ1) is 13.9. The molecule has 6 nitrogen and oxygen atoms in total. The Kier molecular flexibility index (Phi) is 6.62. The van der Waals surface area contributed by atoms with Crippen LogP contribution in [0.1, 0.15) is 24.0 Å². The maximum Gasteiger partial charge on any atom is 0.227 e. The number of nitrogens with one attached hydrogen (secondary N) is 1. The van der Waals surface area contributed by atoms with Crippen LogP contribution in [0.15, 0.2) is 48.5 Å². The van der Waals surface area contributed by atoms with Crippen LogP contribution in [-0.4, -0.2) is 31.7 Å². The molecule has 0 aliphatic carbocycles. The van der Waals surface area contributed by atoms with E-state index in [4.69, 9.17) is 5.26 Å². The molecule has 0 aromatic heterocycles. The Balaban J connectivity index is 1.54. The zero-order chi connectivity index (χ0) is 20.9. The Morgan fingerprint density at radius 1 is 1.14 bits per heavy atom. The Labute approximate surface area is 170 Å². The zero-order valence-electron chi connectivity index (χ0n) is 15.8. The third kappa shape index (κ3) is 5.40. The summed E-state index contributed by atoms with van der Waals surface area (Å²) in [6.07, 6.45) is 1.14. The summed E-state index contributed by atoms with van der Waals surface area (Å²) in [6, 6.07) is 15.0. The fraction of sp³-hybridized carbons (Fsp3) is 0.333. The van der Waals surface area contributed by atoms with Gasteiger partial charge in [-0.1, -0.05) is 30.3 Å². The molecule has 1 heterocycles. The highest BCUT2D eigenvalue weighted by molar-refractivity contribution is 7.88. The van der Waals surface area contributed by atoms with Crippen LogP contribution in [-0.2, 0) is 27.0 Å². The van der Waals surface area contributed by atoms with Crippen molar-refractivity contribution in [3.8, 4) is 6.07 Å². The van der Waals surface area contributed by atoms with Gasteiger partial charge >= 0.3 is 0 Å². The average Bonchev–Trinajstić information content (AvgIpc) is 2.71. The first-order valence-electron chi connectivity index (χ1n) is 9.37. The van der Waals surface area contributed by atoms with Crippen molar-refractivity contribution in [1.29, 1.82) is 5.26 Å². The number of sulfonamides is 1. The molecule has 2 aromatic rings. The summed E-state index contributed by atoms with van der Waals surface area (Å²) in [5, 5.41) is 11.5.